The Balaban J connectivity index is 1.87. The monoisotopic (exact) mass is 227 g/mol. The van der Waals surface area contributed by atoms with Crippen molar-refractivity contribution in [1.29, 1.82) is 0 Å². The zero-order chi connectivity index (χ0) is 12.2. The van der Waals surface area contributed by atoms with Crippen molar-refractivity contribution < 1.29 is 14.3 Å². The highest BCUT2D eigenvalue weighted by molar-refractivity contribution is 5.70. The van der Waals surface area contributed by atoms with E-state index in [4.69, 9.17) is 9.47 Å². The number of likely N-dealkylation sites (tertiary alicyclic amines) is 1. The molecule has 2 aliphatic heterocycles. The van der Waals surface area contributed by atoms with Crippen LogP contribution in [0.3, 0.4) is 0 Å². The first-order chi connectivity index (χ1) is 7.15. The van der Waals surface area contributed by atoms with E-state index in [0.29, 0.717) is 13.1 Å². The summed E-state index contributed by atoms with van der Waals surface area (Å²) in [5.74, 6) is 0. The van der Waals surface area contributed by atoms with Crippen molar-refractivity contribution in [1.82, 2.24) is 4.90 Å². The van der Waals surface area contributed by atoms with Gasteiger partial charge in [0.05, 0.1) is 19.7 Å². The van der Waals surface area contributed by atoms with Crippen molar-refractivity contribution in [2.24, 2.45) is 5.41 Å². The van der Waals surface area contributed by atoms with Gasteiger partial charge in [-0.1, -0.05) is 13.8 Å². The van der Waals surface area contributed by atoms with Gasteiger partial charge >= 0.3 is 6.09 Å². The van der Waals surface area contributed by atoms with Gasteiger partial charge in [-0.05, 0) is 20.8 Å². The lowest BCUT2D eigenvalue weighted by atomic mass is 9.66. The molecule has 0 N–H and O–H groups in total. The Morgan fingerprint density at radius 3 is 2.19 bits per heavy atom. The smallest absolute Gasteiger partial charge is 0.410 e. The first kappa shape index (κ1) is 11.7. The predicted octanol–water partition coefficient (Wildman–Crippen LogP) is 2.03. The Hall–Kier alpha value is -0.770. The predicted molar refractivity (Wildman–Crippen MR) is 60.3 cm³/mol. The molecule has 1 amide bonds. The fraction of sp³-hybridized carbons (Fsp3) is 0.917. The number of hydrogen-bond donors (Lipinski definition) is 0. The van der Waals surface area contributed by atoms with Crippen LogP contribution < -0.4 is 0 Å². The number of hydrogen-bond acceptors (Lipinski definition) is 3. The van der Waals surface area contributed by atoms with Crippen LogP contribution in [-0.2, 0) is 9.47 Å². The molecule has 4 heteroatoms. The van der Waals surface area contributed by atoms with E-state index in [1.54, 1.807) is 4.90 Å². The van der Waals surface area contributed by atoms with Crippen molar-refractivity contribution in [2.75, 3.05) is 19.7 Å². The molecule has 2 saturated heterocycles. The van der Waals surface area contributed by atoms with E-state index in [9.17, 15) is 4.79 Å². The van der Waals surface area contributed by atoms with Gasteiger partial charge in [-0.3, -0.25) is 0 Å². The summed E-state index contributed by atoms with van der Waals surface area (Å²) in [6, 6.07) is 0. The largest absolute Gasteiger partial charge is 0.444 e. The SMILES string of the molecule is CC(C)(C)OC(=O)N1CC2(C1)OCC2(C)C. The molecule has 2 heterocycles. The van der Waals surface area contributed by atoms with Gasteiger partial charge in [-0.2, -0.15) is 0 Å². The maximum atomic E-state index is 11.7. The van der Waals surface area contributed by atoms with Gasteiger partial charge in [-0.15, -0.1) is 0 Å². The van der Waals surface area contributed by atoms with Gasteiger partial charge in [-0.25, -0.2) is 4.79 Å². The average molecular weight is 227 g/mol. The minimum absolute atomic E-state index is 0.107. The van der Waals surface area contributed by atoms with Crippen molar-refractivity contribution in [3.05, 3.63) is 0 Å². The zero-order valence-electron chi connectivity index (χ0n) is 10.8. The van der Waals surface area contributed by atoms with Crippen molar-refractivity contribution in [3.63, 3.8) is 0 Å². The first-order valence-corrected chi connectivity index (χ1v) is 5.77. The average Bonchev–Trinajstić information content (AvgIpc) is 1.96. The lowest BCUT2D eigenvalue weighted by molar-refractivity contribution is -0.300. The number of ether oxygens (including phenoxy) is 2. The molecule has 92 valence electrons. The number of carbonyl (C=O) groups excluding carboxylic acids is 1. The van der Waals surface area contributed by atoms with Crippen molar-refractivity contribution >= 4 is 6.09 Å². The molecule has 2 fully saturated rings. The Labute approximate surface area is 96.9 Å². The van der Waals surface area contributed by atoms with Gasteiger partial charge in [0, 0.05) is 5.41 Å². The van der Waals surface area contributed by atoms with Crippen LogP contribution in [0.1, 0.15) is 34.6 Å². The number of rotatable bonds is 0. The van der Waals surface area contributed by atoms with Crippen LogP contribution in [0.25, 0.3) is 0 Å². The summed E-state index contributed by atoms with van der Waals surface area (Å²) in [6.07, 6.45) is -0.232. The lowest BCUT2D eigenvalue weighted by Gasteiger charge is -2.64. The molecule has 0 aromatic rings. The van der Waals surface area contributed by atoms with Gasteiger partial charge in [0.2, 0.25) is 0 Å². The minimum Gasteiger partial charge on any atom is -0.444 e. The van der Waals surface area contributed by atoms with Crippen LogP contribution in [0.5, 0.6) is 0 Å². The van der Waals surface area contributed by atoms with Gasteiger partial charge in [0.25, 0.3) is 0 Å². The van der Waals surface area contributed by atoms with E-state index >= 15 is 0 Å². The van der Waals surface area contributed by atoms with Crippen molar-refractivity contribution in [3.8, 4) is 0 Å². The van der Waals surface area contributed by atoms with Gasteiger partial charge in [0.15, 0.2) is 0 Å². The standard InChI is InChI=1S/C12H21NO3/c1-10(2,3)16-9(14)13-6-12(7-13)11(4,5)8-15-12/h6-8H2,1-5H3. The highest BCUT2D eigenvalue weighted by Crippen LogP contribution is 2.50. The Morgan fingerprint density at radius 2 is 1.88 bits per heavy atom. The summed E-state index contributed by atoms with van der Waals surface area (Å²) < 4.78 is 10.9. The Kier molecular flexibility index (Phi) is 2.29. The molecule has 4 nitrogen and oxygen atoms in total. The van der Waals surface area contributed by atoms with E-state index in [1.807, 2.05) is 20.8 Å². The van der Waals surface area contributed by atoms with E-state index < -0.39 is 5.60 Å². The third-order valence-electron chi connectivity index (χ3n) is 3.49. The van der Waals surface area contributed by atoms with Crippen LogP contribution in [-0.4, -0.2) is 41.9 Å². The van der Waals surface area contributed by atoms with Crippen LogP contribution in [0.4, 0.5) is 4.79 Å². The molecule has 2 rings (SSSR count). The molecule has 1 spiro atoms. The van der Waals surface area contributed by atoms with E-state index in [-0.39, 0.29) is 17.1 Å². The summed E-state index contributed by atoms with van der Waals surface area (Å²) in [7, 11) is 0. The molecule has 0 bridgehead atoms. The number of carbonyl (C=O) groups is 1. The second kappa shape index (κ2) is 3.13. The molecule has 0 saturated carbocycles. The number of amides is 1. The third kappa shape index (κ3) is 1.69. The second-order valence-corrected chi connectivity index (χ2v) is 6.50. The van der Waals surface area contributed by atoms with Crippen LogP contribution in [0, 0.1) is 5.41 Å². The Bertz CT molecular complexity index is 311. The minimum atomic E-state index is -0.421. The molecule has 0 aromatic heterocycles. The lowest BCUT2D eigenvalue weighted by Crippen LogP contribution is -2.77. The molecule has 2 aliphatic rings. The topological polar surface area (TPSA) is 38.8 Å². The van der Waals surface area contributed by atoms with Gasteiger partial charge in [0.1, 0.15) is 11.2 Å². The fourth-order valence-corrected chi connectivity index (χ4v) is 2.11. The highest BCUT2D eigenvalue weighted by atomic mass is 16.6. The molecular weight excluding hydrogens is 206 g/mol. The number of nitrogens with zero attached hydrogens (tertiary/aromatic N) is 1. The summed E-state index contributed by atoms with van der Waals surface area (Å²) in [5.41, 5.74) is -0.342. The van der Waals surface area contributed by atoms with E-state index in [0.717, 1.165) is 6.61 Å². The van der Waals surface area contributed by atoms with Crippen molar-refractivity contribution in [2.45, 2.75) is 45.8 Å². The zero-order valence-corrected chi connectivity index (χ0v) is 10.8. The van der Waals surface area contributed by atoms with Crippen LogP contribution >= 0.6 is 0 Å². The van der Waals surface area contributed by atoms with Crippen LogP contribution in [0.15, 0.2) is 0 Å². The molecule has 0 unspecified atom stereocenters. The summed E-state index contributed by atoms with van der Waals surface area (Å²) >= 11 is 0. The van der Waals surface area contributed by atoms with Crippen LogP contribution in [0.2, 0.25) is 0 Å². The first-order valence-electron chi connectivity index (χ1n) is 5.77. The third-order valence-corrected chi connectivity index (χ3v) is 3.49. The molecule has 0 atom stereocenters. The molecule has 0 radical (unpaired) electrons. The van der Waals surface area contributed by atoms with Gasteiger partial charge < -0.3 is 14.4 Å². The summed E-state index contributed by atoms with van der Waals surface area (Å²) in [4.78, 5) is 13.4. The molecule has 16 heavy (non-hydrogen) atoms. The quantitative estimate of drug-likeness (QED) is 0.635. The maximum absolute atomic E-state index is 11.7. The molecule has 0 aliphatic carbocycles. The highest BCUT2D eigenvalue weighted by Gasteiger charge is 2.63. The van der Waals surface area contributed by atoms with E-state index in [2.05, 4.69) is 13.8 Å². The normalized spacial score (nSPS) is 25.9. The Morgan fingerprint density at radius 1 is 1.31 bits per heavy atom. The molecular formula is C12H21NO3. The second-order valence-electron chi connectivity index (χ2n) is 6.50. The summed E-state index contributed by atoms with van der Waals surface area (Å²) in [5, 5.41) is 0. The fourth-order valence-electron chi connectivity index (χ4n) is 2.11. The maximum Gasteiger partial charge on any atom is 0.410 e. The summed E-state index contributed by atoms with van der Waals surface area (Å²) in [6.45, 7) is 12.1. The van der Waals surface area contributed by atoms with E-state index in [1.165, 1.54) is 0 Å². The molecule has 0 aromatic carbocycles.